The van der Waals surface area contributed by atoms with Gasteiger partial charge in [0, 0.05) is 0 Å². The van der Waals surface area contributed by atoms with Gasteiger partial charge in [0.2, 0.25) is 5.91 Å². The van der Waals surface area contributed by atoms with Gasteiger partial charge in [0.15, 0.2) is 5.82 Å². The minimum absolute atomic E-state index is 0.115. The fourth-order valence-corrected chi connectivity index (χ4v) is 1.83. The number of hydrogen-bond acceptors (Lipinski definition) is 2. The third kappa shape index (κ3) is 2.38. The first-order valence-electron chi connectivity index (χ1n) is 5.45. The van der Waals surface area contributed by atoms with Crippen LogP contribution in [-0.4, -0.2) is 25.2 Å². The summed E-state index contributed by atoms with van der Waals surface area (Å²) in [4.78, 5) is 13.0. The van der Waals surface area contributed by atoms with Crippen molar-refractivity contribution < 1.29 is 18.3 Å². The molecule has 1 heterocycles. The molecule has 92 valence electrons. The van der Waals surface area contributed by atoms with E-state index in [0.717, 1.165) is 0 Å². The van der Waals surface area contributed by atoms with Crippen LogP contribution in [-0.2, 0) is 4.79 Å². The van der Waals surface area contributed by atoms with E-state index in [1.807, 2.05) is 0 Å². The van der Waals surface area contributed by atoms with Crippen molar-refractivity contribution in [1.29, 1.82) is 0 Å². The van der Waals surface area contributed by atoms with Crippen LogP contribution in [0, 0.1) is 5.82 Å². The first-order chi connectivity index (χ1) is 8.09. The number of fused-ring (bicyclic) bond motifs is 1. The van der Waals surface area contributed by atoms with Crippen LogP contribution in [0.5, 0.6) is 5.75 Å². The number of alkyl halides is 1. The van der Waals surface area contributed by atoms with Crippen molar-refractivity contribution in [3.05, 3.63) is 24.0 Å². The summed E-state index contributed by atoms with van der Waals surface area (Å²) >= 11 is 0. The third-order valence-corrected chi connectivity index (χ3v) is 2.55. The van der Waals surface area contributed by atoms with E-state index in [2.05, 4.69) is 0 Å². The van der Waals surface area contributed by atoms with E-state index in [1.165, 1.54) is 24.0 Å². The molecule has 0 radical (unpaired) electrons. The lowest BCUT2D eigenvalue weighted by molar-refractivity contribution is -0.119. The average molecular weight is 241 g/mol. The summed E-state index contributed by atoms with van der Waals surface area (Å²) in [6.45, 7) is 1.85. The van der Waals surface area contributed by atoms with Gasteiger partial charge < -0.3 is 9.64 Å². The van der Waals surface area contributed by atoms with Gasteiger partial charge in [-0.25, -0.2) is 8.78 Å². The number of carbonyl (C=O) groups excluding carboxylic acids is 1. The summed E-state index contributed by atoms with van der Waals surface area (Å²) in [5.74, 6) is -0.618. The molecule has 1 atom stereocenters. The Morgan fingerprint density at radius 1 is 1.59 bits per heavy atom. The minimum Gasteiger partial charge on any atom is -0.489 e. The minimum atomic E-state index is -1.24. The molecule has 1 aromatic carbocycles. The molecule has 1 aromatic rings. The van der Waals surface area contributed by atoms with Crippen LogP contribution in [0.25, 0.3) is 0 Å². The normalized spacial score (nSPS) is 16.1. The standard InChI is InChI=1S/C12H13F2NO2/c1-8(13)7-11(16)15-5-6-17-10-4-2-3-9(14)12(10)15/h2-4,8H,5-7H2,1H3. The smallest absolute Gasteiger partial charge is 0.230 e. The van der Waals surface area contributed by atoms with E-state index in [-0.39, 0.29) is 18.7 Å². The van der Waals surface area contributed by atoms with Gasteiger partial charge in [-0.2, -0.15) is 0 Å². The van der Waals surface area contributed by atoms with Crippen LogP contribution < -0.4 is 9.64 Å². The molecule has 0 aromatic heterocycles. The lowest BCUT2D eigenvalue weighted by Gasteiger charge is -2.30. The zero-order valence-corrected chi connectivity index (χ0v) is 9.45. The number of hydrogen-bond donors (Lipinski definition) is 0. The number of ether oxygens (including phenoxy) is 1. The Hall–Kier alpha value is -1.65. The summed E-state index contributed by atoms with van der Waals surface area (Å²) in [5, 5.41) is 0. The molecule has 3 nitrogen and oxygen atoms in total. The van der Waals surface area contributed by atoms with Gasteiger partial charge in [-0.1, -0.05) is 6.07 Å². The molecule has 1 unspecified atom stereocenters. The Balaban J connectivity index is 2.31. The largest absolute Gasteiger partial charge is 0.489 e. The number of amides is 1. The maximum atomic E-state index is 13.7. The van der Waals surface area contributed by atoms with Crippen molar-refractivity contribution in [2.75, 3.05) is 18.1 Å². The van der Waals surface area contributed by atoms with Gasteiger partial charge in [-0.3, -0.25) is 4.79 Å². The monoisotopic (exact) mass is 241 g/mol. The van der Waals surface area contributed by atoms with E-state index in [1.54, 1.807) is 6.07 Å². The maximum Gasteiger partial charge on any atom is 0.230 e. The highest BCUT2D eigenvalue weighted by atomic mass is 19.1. The van der Waals surface area contributed by atoms with Crippen LogP contribution in [0.1, 0.15) is 13.3 Å². The Bertz CT molecular complexity index is 435. The number of benzene rings is 1. The molecule has 0 fully saturated rings. The molecule has 1 aliphatic rings. The number of halogens is 2. The van der Waals surface area contributed by atoms with Gasteiger partial charge in [0.05, 0.1) is 13.0 Å². The fraction of sp³-hybridized carbons (Fsp3) is 0.417. The van der Waals surface area contributed by atoms with Crippen molar-refractivity contribution in [2.45, 2.75) is 19.5 Å². The zero-order valence-electron chi connectivity index (χ0n) is 9.45. The molecule has 1 amide bonds. The van der Waals surface area contributed by atoms with Crippen LogP contribution in [0.2, 0.25) is 0 Å². The summed E-state index contributed by atoms with van der Waals surface area (Å²) in [7, 11) is 0. The second-order valence-corrected chi connectivity index (χ2v) is 3.97. The molecule has 0 bridgehead atoms. The van der Waals surface area contributed by atoms with Crippen molar-refractivity contribution >= 4 is 11.6 Å². The average Bonchev–Trinajstić information content (AvgIpc) is 2.28. The summed E-state index contributed by atoms with van der Waals surface area (Å²) in [5.41, 5.74) is 0.115. The van der Waals surface area contributed by atoms with Gasteiger partial charge in [0.25, 0.3) is 0 Å². The van der Waals surface area contributed by atoms with Crippen LogP contribution in [0.3, 0.4) is 0 Å². The van der Waals surface area contributed by atoms with Gasteiger partial charge >= 0.3 is 0 Å². The molecule has 0 saturated carbocycles. The van der Waals surface area contributed by atoms with E-state index in [0.29, 0.717) is 12.4 Å². The maximum absolute atomic E-state index is 13.7. The van der Waals surface area contributed by atoms with Crippen molar-refractivity contribution in [2.24, 2.45) is 0 Å². The zero-order chi connectivity index (χ0) is 12.4. The van der Waals surface area contributed by atoms with E-state index < -0.39 is 17.9 Å². The van der Waals surface area contributed by atoms with Gasteiger partial charge in [-0.05, 0) is 19.1 Å². The van der Waals surface area contributed by atoms with E-state index in [4.69, 9.17) is 4.74 Å². The molecule has 17 heavy (non-hydrogen) atoms. The highest BCUT2D eigenvalue weighted by Gasteiger charge is 2.27. The molecule has 2 rings (SSSR count). The third-order valence-electron chi connectivity index (χ3n) is 2.55. The van der Waals surface area contributed by atoms with E-state index >= 15 is 0 Å². The predicted octanol–water partition coefficient (Wildman–Crippen LogP) is 2.30. The SMILES string of the molecule is CC(F)CC(=O)N1CCOc2cccc(F)c21. The number of nitrogens with zero attached hydrogens (tertiary/aromatic N) is 1. The molecule has 0 spiro atoms. The highest BCUT2D eigenvalue weighted by Crippen LogP contribution is 2.34. The van der Waals surface area contributed by atoms with Crippen molar-refractivity contribution in [3.8, 4) is 5.75 Å². The molecule has 1 aliphatic heterocycles. The Morgan fingerprint density at radius 2 is 2.35 bits per heavy atom. The molecular formula is C12H13F2NO2. The predicted molar refractivity (Wildman–Crippen MR) is 59.4 cm³/mol. The van der Waals surface area contributed by atoms with Crippen LogP contribution in [0.15, 0.2) is 18.2 Å². The number of anilines is 1. The molecular weight excluding hydrogens is 228 g/mol. The number of para-hydroxylation sites is 1. The molecule has 0 saturated heterocycles. The highest BCUT2D eigenvalue weighted by molar-refractivity contribution is 5.95. The fourth-order valence-electron chi connectivity index (χ4n) is 1.83. The summed E-state index contributed by atoms with van der Waals surface area (Å²) in [6.07, 6.45) is -1.48. The summed E-state index contributed by atoms with van der Waals surface area (Å²) in [6, 6.07) is 4.36. The number of carbonyl (C=O) groups is 1. The van der Waals surface area contributed by atoms with Crippen LogP contribution in [0.4, 0.5) is 14.5 Å². The van der Waals surface area contributed by atoms with Gasteiger partial charge in [-0.15, -0.1) is 0 Å². The lowest BCUT2D eigenvalue weighted by Crippen LogP contribution is -2.39. The Morgan fingerprint density at radius 3 is 3.06 bits per heavy atom. The van der Waals surface area contributed by atoms with Crippen molar-refractivity contribution in [3.63, 3.8) is 0 Å². The van der Waals surface area contributed by atoms with Crippen molar-refractivity contribution in [1.82, 2.24) is 0 Å². The van der Waals surface area contributed by atoms with E-state index in [9.17, 15) is 13.6 Å². The molecule has 5 heteroatoms. The Kier molecular flexibility index (Phi) is 3.26. The summed E-state index contributed by atoms with van der Waals surface area (Å²) < 4.78 is 31.7. The number of rotatable bonds is 2. The second kappa shape index (κ2) is 4.69. The van der Waals surface area contributed by atoms with Gasteiger partial charge in [0.1, 0.15) is 24.2 Å². The lowest BCUT2D eigenvalue weighted by atomic mass is 10.2. The second-order valence-electron chi connectivity index (χ2n) is 3.97. The first-order valence-corrected chi connectivity index (χ1v) is 5.45. The first kappa shape index (κ1) is 11.8. The topological polar surface area (TPSA) is 29.5 Å². The van der Waals surface area contributed by atoms with Crippen LogP contribution >= 0.6 is 0 Å². The quantitative estimate of drug-likeness (QED) is 0.795. The Labute approximate surface area is 98.0 Å². The molecule has 0 N–H and O–H groups in total. The molecule has 0 aliphatic carbocycles.